The molecule has 0 aromatic rings. The number of fused-ring (bicyclic) bond motifs is 1. The molecule has 0 radical (unpaired) electrons. The summed E-state index contributed by atoms with van der Waals surface area (Å²) < 4.78 is 5.28. The molecule has 0 aliphatic carbocycles. The number of aliphatic carboxylic acids is 1. The van der Waals surface area contributed by atoms with Gasteiger partial charge in [0.1, 0.15) is 24.7 Å². The predicted octanol–water partition coefficient (Wildman–Crippen LogP) is -3.44. The number of carboxylic acid groups (broad SMARTS) is 1. The Balaban J connectivity index is 1.97. The minimum absolute atomic E-state index is 0.296. The van der Waals surface area contributed by atoms with Gasteiger partial charge in [0.15, 0.2) is 12.1 Å². The highest BCUT2D eigenvalue weighted by molar-refractivity contribution is 6.34. The molecular formula is C11H12N4O7. The molecule has 3 rings (SSSR count). The number of rotatable bonds is 3. The molecule has 0 spiro atoms. The van der Waals surface area contributed by atoms with Crippen LogP contribution in [0.2, 0.25) is 0 Å². The number of aliphatic hydroxyl groups is 3. The van der Waals surface area contributed by atoms with E-state index in [4.69, 9.17) is 9.84 Å². The van der Waals surface area contributed by atoms with Gasteiger partial charge in [-0.05, 0) is 0 Å². The van der Waals surface area contributed by atoms with Gasteiger partial charge in [0.25, 0.3) is 11.4 Å². The van der Waals surface area contributed by atoms with Crippen LogP contribution in [0, 0.1) is 0 Å². The van der Waals surface area contributed by atoms with Crippen molar-refractivity contribution in [3.63, 3.8) is 0 Å². The van der Waals surface area contributed by atoms with Crippen molar-refractivity contribution >= 4 is 30.4 Å². The summed E-state index contributed by atoms with van der Waals surface area (Å²) >= 11 is 0. The van der Waals surface area contributed by atoms with Gasteiger partial charge in [0.2, 0.25) is 0 Å². The van der Waals surface area contributed by atoms with E-state index in [1.807, 2.05) is 0 Å². The standard InChI is InChI=1S/C11H12N4O7/c16-1-4-5(17)6(18)7(22-4)15-3-14-11(10(20)21)8(15)12-2-13-9(11)19/h2-7,16-18H,1H2,(H,20,21)/t4-,5-,6-,7-,11?/m1/s1. The first-order valence-electron chi connectivity index (χ1n) is 6.28. The Kier molecular flexibility index (Phi) is 3.29. The molecular weight excluding hydrogens is 300 g/mol. The van der Waals surface area contributed by atoms with Crippen molar-refractivity contribution in [1.82, 2.24) is 4.90 Å². The molecule has 11 nitrogen and oxygen atoms in total. The molecule has 3 aliphatic rings. The fraction of sp³-hybridized carbons (Fsp3) is 0.545. The lowest BCUT2D eigenvalue weighted by Gasteiger charge is -2.29. The van der Waals surface area contributed by atoms with Crippen molar-refractivity contribution in [2.75, 3.05) is 6.61 Å². The van der Waals surface area contributed by atoms with E-state index in [0.717, 1.165) is 17.6 Å². The maximum Gasteiger partial charge on any atom is 0.349 e. The number of hydrogen-bond acceptors (Lipinski definition) is 9. The minimum Gasteiger partial charge on any atom is -0.479 e. The predicted molar refractivity (Wildman–Crippen MR) is 69.4 cm³/mol. The van der Waals surface area contributed by atoms with Crippen LogP contribution < -0.4 is 0 Å². The zero-order chi connectivity index (χ0) is 16.1. The number of amides is 1. The van der Waals surface area contributed by atoms with E-state index in [0.29, 0.717) is 0 Å². The Hall–Kier alpha value is -2.21. The zero-order valence-corrected chi connectivity index (χ0v) is 11.0. The first-order valence-corrected chi connectivity index (χ1v) is 6.28. The lowest BCUT2D eigenvalue weighted by Crippen LogP contribution is -2.57. The highest BCUT2D eigenvalue weighted by Gasteiger charge is 2.60. The van der Waals surface area contributed by atoms with Gasteiger partial charge >= 0.3 is 5.97 Å². The largest absolute Gasteiger partial charge is 0.479 e. The first kappa shape index (κ1) is 14.7. The SMILES string of the molecule is O=C(O)C12N=CN([C@@H]3O[C@H](CO)[C@@H](O)[C@H]3O)C1=NC=NC2=O. The summed E-state index contributed by atoms with van der Waals surface area (Å²) in [7, 11) is 0. The average Bonchev–Trinajstić information content (AvgIpc) is 3.01. The van der Waals surface area contributed by atoms with E-state index < -0.39 is 48.6 Å². The molecule has 22 heavy (non-hydrogen) atoms. The second-order valence-electron chi connectivity index (χ2n) is 4.90. The lowest BCUT2D eigenvalue weighted by molar-refractivity contribution is -0.144. The van der Waals surface area contributed by atoms with Gasteiger partial charge < -0.3 is 25.2 Å². The van der Waals surface area contributed by atoms with Crippen LogP contribution >= 0.6 is 0 Å². The number of aliphatic hydroxyl groups excluding tert-OH is 3. The number of nitrogens with zero attached hydrogens (tertiary/aromatic N) is 4. The highest BCUT2D eigenvalue weighted by Crippen LogP contribution is 2.32. The molecule has 1 amide bonds. The maximum absolute atomic E-state index is 11.9. The molecule has 0 aromatic heterocycles. The topological polar surface area (TPSA) is 165 Å². The lowest BCUT2D eigenvalue weighted by atomic mass is 9.97. The van der Waals surface area contributed by atoms with Crippen molar-refractivity contribution in [1.29, 1.82) is 0 Å². The van der Waals surface area contributed by atoms with Crippen LogP contribution in [0.1, 0.15) is 0 Å². The van der Waals surface area contributed by atoms with Crippen LogP contribution in [-0.2, 0) is 14.3 Å². The van der Waals surface area contributed by atoms with E-state index in [1.165, 1.54) is 0 Å². The normalized spacial score (nSPS) is 40.0. The van der Waals surface area contributed by atoms with E-state index in [2.05, 4.69) is 15.0 Å². The Bertz CT molecular complexity index is 618. The highest BCUT2D eigenvalue weighted by atomic mass is 16.6. The van der Waals surface area contributed by atoms with Crippen molar-refractivity contribution in [2.24, 2.45) is 15.0 Å². The molecule has 3 heterocycles. The summed E-state index contributed by atoms with van der Waals surface area (Å²) in [6, 6.07) is 0. The smallest absolute Gasteiger partial charge is 0.349 e. The van der Waals surface area contributed by atoms with Gasteiger partial charge in [-0.15, -0.1) is 0 Å². The first-order chi connectivity index (χ1) is 10.4. The van der Waals surface area contributed by atoms with Crippen molar-refractivity contribution in [3.8, 4) is 0 Å². The summed E-state index contributed by atoms with van der Waals surface area (Å²) in [4.78, 5) is 35.2. The summed E-state index contributed by atoms with van der Waals surface area (Å²) in [5.74, 6) is -2.90. The van der Waals surface area contributed by atoms with E-state index in [1.54, 1.807) is 0 Å². The number of amidine groups is 1. The summed E-state index contributed by atoms with van der Waals surface area (Å²) in [6.45, 7) is -0.545. The van der Waals surface area contributed by atoms with Crippen molar-refractivity contribution < 1.29 is 34.8 Å². The van der Waals surface area contributed by atoms with Crippen LogP contribution in [0.5, 0.6) is 0 Å². The third-order valence-electron chi connectivity index (χ3n) is 3.71. The average molecular weight is 312 g/mol. The number of carboxylic acids is 1. The summed E-state index contributed by atoms with van der Waals surface area (Å²) in [6.07, 6.45) is -3.26. The Morgan fingerprint density at radius 3 is 2.73 bits per heavy atom. The zero-order valence-electron chi connectivity index (χ0n) is 11.0. The number of ether oxygens (including phenoxy) is 1. The van der Waals surface area contributed by atoms with Crippen LogP contribution in [0.15, 0.2) is 15.0 Å². The van der Waals surface area contributed by atoms with Gasteiger partial charge in [0.05, 0.1) is 12.9 Å². The van der Waals surface area contributed by atoms with E-state index in [-0.39, 0.29) is 5.84 Å². The molecule has 1 saturated heterocycles. The molecule has 118 valence electrons. The second kappa shape index (κ2) is 4.91. The van der Waals surface area contributed by atoms with Crippen LogP contribution in [0.3, 0.4) is 0 Å². The van der Waals surface area contributed by atoms with Crippen LogP contribution in [0.25, 0.3) is 0 Å². The monoisotopic (exact) mass is 312 g/mol. The van der Waals surface area contributed by atoms with Gasteiger partial charge in [-0.1, -0.05) is 0 Å². The Morgan fingerprint density at radius 1 is 1.41 bits per heavy atom. The second-order valence-corrected chi connectivity index (χ2v) is 4.90. The van der Waals surface area contributed by atoms with Crippen molar-refractivity contribution in [3.05, 3.63) is 0 Å². The molecule has 3 aliphatic heterocycles. The fourth-order valence-corrected chi connectivity index (χ4v) is 2.53. The van der Waals surface area contributed by atoms with Gasteiger partial charge in [0, 0.05) is 0 Å². The van der Waals surface area contributed by atoms with Gasteiger partial charge in [-0.3, -0.25) is 9.69 Å². The van der Waals surface area contributed by atoms with Gasteiger partial charge in [-0.2, -0.15) is 4.99 Å². The van der Waals surface area contributed by atoms with Crippen molar-refractivity contribution in [2.45, 2.75) is 30.1 Å². The number of aliphatic imine (C=N–C) groups is 3. The third-order valence-corrected chi connectivity index (χ3v) is 3.71. The Labute approximate surface area is 122 Å². The molecule has 0 saturated carbocycles. The molecule has 5 atom stereocenters. The third kappa shape index (κ3) is 1.73. The van der Waals surface area contributed by atoms with Crippen LogP contribution in [-0.4, -0.2) is 92.4 Å². The summed E-state index contributed by atoms with van der Waals surface area (Å²) in [5, 5.41) is 38.2. The molecule has 11 heteroatoms. The molecule has 1 unspecified atom stereocenters. The number of carbonyl (C=O) groups is 2. The number of carbonyl (C=O) groups excluding carboxylic acids is 1. The maximum atomic E-state index is 11.9. The molecule has 1 fully saturated rings. The number of hydrogen-bond donors (Lipinski definition) is 4. The molecule has 4 N–H and O–H groups in total. The molecule has 0 aromatic carbocycles. The van der Waals surface area contributed by atoms with E-state index >= 15 is 0 Å². The summed E-state index contributed by atoms with van der Waals surface area (Å²) in [5.41, 5.74) is -2.32. The minimum atomic E-state index is -2.32. The van der Waals surface area contributed by atoms with E-state index in [9.17, 15) is 24.9 Å². The molecule has 0 bridgehead atoms. The Morgan fingerprint density at radius 2 is 2.14 bits per heavy atom. The van der Waals surface area contributed by atoms with Crippen LogP contribution in [0.4, 0.5) is 0 Å². The fourth-order valence-electron chi connectivity index (χ4n) is 2.53. The van der Waals surface area contributed by atoms with Gasteiger partial charge in [-0.25, -0.2) is 14.8 Å². The quantitative estimate of drug-likeness (QED) is 0.391.